The summed E-state index contributed by atoms with van der Waals surface area (Å²) in [5, 5.41) is 12.7. The Bertz CT molecular complexity index is 1210. The van der Waals surface area contributed by atoms with Crippen molar-refractivity contribution in [3.8, 4) is 18.4 Å². The van der Waals surface area contributed by atoms with Crippen molar-refractivity contribution >= 4 is 17.5 Å². The first kappa shape index (κ1) is 26.0. The van der Waals surface area contributed by atoms with Crippen molar-refractivity contribution < 1.29 is 14.4 Å². The Morgan fingerprint density at radius 2 is 1.78 bits per heavy atom. The molecule has 0 bridgehead atoms. The van der Waals surface area contributed by atoms with Crippen LogP contribution in [0.3, 0.4) is 0 Å². The summed E-state index contributed by atoms with van der Waals surface area (Å²) in [6, 6.07) is 2.16. The summed E-state index contributed by atoms with van der Waals surface area (Å²) >= 11 is 0. The molecule has 1 amide bonds. The van der Waals surface area contributed by atoms with E-state index in [1.165, 1.54) is 0 Å². The van der Waals surface area contributed by atoms with Gasteiger partial charge < -0.3 is 5.32 Å². The first-order valence-corrected chi connectivity index (χ1v) is 14.0. The number of nitrogens with zero attached hydrogens (tertiary/aromatic N) is 1. The average molecular weight is 501 g/mol. The second-order valence-electron chi connectivity index (χ2n) is 13.8. The van der Waals surface area contributed by atoms with E-state index in [1.807, 2.05) is 26.0 Å². The van der Waals surface area contributed by atoms with E-state index in [0.717, 1.165) is 50.5 Å². The fourth-order valence-electron chi connectivity index (χ4n) is 9.73. The fourth-order valence-corrected chi connectivity index (χ4v) is 9.73. The molecule has 8 atom stereocenters. The SMILES string of the molecule is C#CCNC(=O)C1CCC2(C)CCC3C(C(=O)C=C4C5(C)C=C(C#N)C(=O)C(C)(C)C5CCC43C)C2C1. The van der Waals surface area contributed by atoms with Gasteiger partial charge in [0.2, 0.25) is 5.91 Å². The van der Waals surface area contributed by atoms with Gasteiger partial charge in [-0.25, -0.2) is 0 Å². The molecule has 3 saturated carbocycles. The van der Waals surface area contributed by atoms with Crippen LogP contribution in [0.25, 0.3) is 0 Å². The maximum absolute atomic E-state index is 14.1. The number of allylic oxidation sites excluding steroid dienone is 4. The van der Waals surface area contributed by atoms with Crippen LogP contribution in [-0.2, 0) is 14.4 Å². The van der Waals surface area contributed by atoms with Gasteiger partial charge in [-0.3, -0.25) is 14.4 Å². The normalized spacial score (nSPS) is 43.9. The third-order valence-corrected chi connectivity index (χ3v) is 11.7. The van der Waals surface area contributed by atoms with Gasteiger partial charge in [0.1, 0.15) is 6.07 Å². The minimum Gasteiger partial charge on any atom is -0.345 e. The van der Waals surface area contributed by atoms with Crippen LogP contribution < -0.4 is 5.32 Å². The molecular weight excluding hydrogens is 460 g/mol. The number of fused-ring (bicyclic) bond motifs is 7. The van der Waals surface area contributed by atoms with E-state index in [4.69, 9.17) is 6.42 Å². The van der Waals surface area contributed by atoms with Crippen molar-refractivity contribution in [2.45, 2.75) is 79.6 Å². The fraction of sp³-hybridized carbons (Fsp3) is 0.688. The number of carbonyl (C=O) groups is 3. The van der Waals surface area contributed by atoms with Crippen LogP contribution in [0.2, 0.25) is 0 Å². The summed E-state index contributed by atoms with van der Waals surface area (Å²) in [6.07, 6.45) is 15.6. The lowest BCUT2D eigenvalue weighted by atomic mass is 9.39. The minimum absolute atomic E-state index is 0.0177. The molecular formula is C32H40N2O3. The molecule has 0 saturated heterocycles. The second-order valence-corrected chi connectivity index (χ2v) is 13.8. The number of hydrogen-bond donors (Lipinski definition) is 1. The number of hydrogen-bond acceptors (Lipinski definition) is 4. The molecule has 1 N–H and O–H groups in total. The predicted octanol–water partition coefficient (Wildman–Crippen LogP) is 5.18. The lowest BCUT2D eigenvalue weighted by Gasteiger charge is -2.64. The quantitative estimate of drug-likeness (QED) is 0.530. The smallest absolute Gasteiger partial charge is 0.223 e. The van der Waals surface area contributed by atoms with Crippen LogP contribution in [0.1, 0.15) is 79.6 Å². The third kappa shape index (κ3) is 3.53. The van der Waals surface area contributed by atoms with Gasteiger partial charge in [0, 0.05) is 22.7 Å². The van der Waals surface area contributed by atoms with E-state index in [9.17, 15) is 19.6 Å². The van der Waals surface area contributed by atoms with Crippen molar-refractivity contribution in [3.05, 3.63) is 23.3 Å². The molecule has 196 valence electrons. The predicted molar refractivity (Wildman–Crippen MR) is 142 cm³/mol. The Hall–Kier alpha value is -2.66. The zero-order valence-electron chi connectivity index (χ0n) is 22.9. The molecule has 5 heteroatoms. The number of nitrogens with one attached hydrogen (secondary N) is 1. The molecule has 5 nitrogen and oxygen atoms in total. The van der Waals surface area contributed by atoms with Crippen LogP contribution in [0, 0.1) is 74.9 Å². The molecule has 0 radical (unpaired) electrons. The largest absolute Gasteiger partial charge is 0.345 e. The van der Waals surface area contributed by atoms with Crippen LogP contribution in [0.5, 0.6) is 0 Å². The summed E-state index contributed by atoms with van der Waals surface area (Å²) in [4.78, 5) is 40.1. The maximum Gasteiger partial charge on any atom is 0.223 e. The Labute approximate surface area is 221 Å². The number of carbonyl (C=O) groups excluding carboxylic acids is 3. The van der Waals surface area contributed by atoms with Crippen molar-refractivity contribution in [2.75, 3.05) is 6.54 Å². The summed E-state index contributed by atoms with van der Waals surface area (Å²) in [5.41, 5.74) is 0.101. The second kappa shape index (κ2) is 8.42. The molecule has 0 heterocycles. The number of nitriles is 1. The summed E-state index contributed by atoms with van der Waals surface area (Å²) in [6.45, 7) is 11.0. The number of rotatable bonds is 2. The molecule has 37 heavy (non-hydrogen) atoms. The van der Waals surface area contributed by atoms with Crippen LogP contribution in [0.4, 0.5) is 0 Å². The van der Waals surface area contributed by atoms with Crippen molar-refractivity contribution in [1.82, 2.24) is 5.32 Å². The van der Waals surface area contributed by atoms with E-state index >= 15 is 0 Å². The highest BCUT2D eigenvalue weighted by atomic mass is 16.2. The Morgan fingerprint density at radius 3 is 2.46 bits per heavy atom. The lowest BCUT2D eigenvalue weighted by Crippen LogP contribution is -2.60. The molecule has 8 unspecified atom stereocenters. The van der Waals surface area contributed by atoms with Crippen molar-refractivity contribution in [2.24, 2.45) is 51.2 Å². The molecule has 0 aromatic rings. The Morgan fingerprint density at radius 1 is 1.08 bits per heavy atom. The van der Waals surface area contributed by atoms with Crippen LogP contribution >= 0.6 is 0 Å². The lowest BCUT2D eigenvalue weighted by molar-refractivity contribution is -0.147. The van der Waals surface area contributed by atoms with Crippen LogP contribution in [0.15, 0.2) is 23.3 Å². The molecule has 3 fully saturated rings. The zero-order chi connectivity index (χ0) is 27.0. The highest BCUT2D eigenvalue weighted by Gasteiger charge is 2.65. The standard InChI is InChI=1S/C32H40N2O3/c1-7-14-34-28(37)19-8-11-30(4)12-9-21-26(22(30)15-19)23(35)16-25-31(21,5)13-10-24-29(2,3)27(36)20(18-33)17-32(24,25)6/h1,16-17,19,21-22,24,26H,8-15H2,2-6H3,(H,34,37). The summed E-state index contributed by atoms with van der Waals surface area (Å²) in [7, 11) is 0. The van der Waals surface area contributed by atoms with E-state index < -0.39 is 10.8 Å². The number of terminal acetylenes is 1. The van der Waals surface area contributed by atoms with Gasteiger partial charge in [-0.2, -0.15) is 5.26 Å². The van der Waals surface area contributed by atoms with Crippen LogP contribution in [-0.4, -0.2) is 24.0 Å². The molecule has 0 spiro atoms. The maximum atomic E-state index is 14.1. The molecule has 5 rings (SSSR count). The molecule has 5 aliphatic rings. The summed E-state index contributed by atoms with van der Waals surface area (Å²) < 4.78 is 0. The number of Topliss-reactive ketones (excluding diaryl/α,β-unsaturated/α-hetero) is 1. The topological polar surface area (TPSA) is 87.0 Å². The van der Waals surface area contributed by atoms with Gasteiger partial charge in [0.15, 0.2) is 11.6 Å². The number of ketones is 2. The van der Waals surface area contributed by atoms with Gasteiger partial charge in [-0.15, -0.1) is 6.42 Å². The molecule has 0 aliphatic heterocycles. The van der Waals surface area contributed by atoms with E-state index in [-0.39, 0.29) is 70.0 Å². The highest BCUT2D eigenvalue weighted by molar-refractivity contribution is 6.04. The third-order valence-electron chi connectivity index (χ3n) is 11.7. The molecule has 5 aliphatic carbocycles. The molecule has 0 aromatic carbocycles. The van der Waals surface area contributed by atoms with E-state index in [0.29, 0.717) is 0 Å². The van der Waals surface area contributed by atoms with Gasteiger partial charge >= 0.3 is 0 Å². The Kier molecular flexibility index (Phi) is 5.91. The molecule has 0 aromatic heterocycles. The Balaban J connectivity index is 1.56. The van der Waals surface area contributed by atoms with Gasteiger partial charge in [0.05, 0.1) is 12.1 Å². The van der Waals surface area contributed by atoms with E-state index in [2.05, 4.69) is 38.1 Å². The van der Waals surface area contributed by atoms with Crippen molar-refractivity contribution in [1.29, 1.82) is 5.26 Å². The first-order chi connectivity index (χ1) is 17.3. The highest BCUT2D eigenvalue weighted by Crippen LogP contribution is 2.69. The van der Waals surface area contributed by atoms with Gasteiger partial charge in [-0.05, 0) is 79.6 Å². The van der Waals surface area contributed by atoms with Gasteiger partial charge in [0.25, 0.3) is 0 Å². The van der Waals surface area contributed by atoms with Gasteiger partial charge in [-0.1, -0.05) is 52.2 Å². The minimum atomic E-state index is -0.649. The van der Waals surface area contributed by atoms with E-state index in [1.54, 1.807) is 0 Å². The van der Waals surface area contributed by atoms with Crippen molar-refractivity contribution in [3.63, 3.8) is 0 Å². The first-order valence-electron chi connectivity index (χ1n) is 14.0. The monoisotopic (exact) mass is 500 g/mol. The number of amides is 1. The summed E-state index contributed by atoms with van der Waals surface area (Å²) in [5.74, 6) is 2.86. The average Bonchev–Trinajstić information content (AvgIpc) is 2.85. The zero-order valence-corrected chi connectivity index (χ0v) is 22.9.